The number of nitrogens with zero attached hydrogens (tertiary/aromatic N) is 1. The number of ether oxygens (including phenoxy) is 5. The van der Waals surface area contributed by atoms with Gasteiger partial charge in [-0.25, -0.2) is 0 Å². The van der Waals surface area contributed by atoms with E-state index in [1.807, 2.05) is 6.07 Å². The lowest BCUT2D eigenvalue weighted by Crippen LogP contribution is -2.61. The van der Waals surface area contributed by atoms with Crippen LogP contribution in [0.5, 0.6) is 0 Å². The number of thioether (sulfide) groups is 1. The van der Waals surface area contributed by atoms with Crippen molar-refractivity contribution in [1.29, 1.82) is 10.7 Å². The van der Waals surface area contributed by atoms with E-state index in [1.54, 1.807) is 0 Å². The molecule has 0 aromatic heterocycles. The summed E-state index contributed by atoms with van der Waals surface area (Å²) >= 11 is 0.774. The molecule has 12 heteroatoms. The second-order valence-electron chi connectivity index (χ2n) is 5.94. The number of esters is 4. The molecule has 5 atom stereocenters. The first kappa shape index (κ1) is 24.4. The Morgan fingerprint density at radius 3 is 1.93 bits per heavy atom. The van der Waals surface area contributed by atoms with Crippen molar-refractivity contribution in [3.63, 3.8) is 0 Å². The van der Waals surface area contributed by atoms with Crippen LogP contribution < -0.4 is 0 Å². The molecule has 0 radical (unpaired) electrons. The Morgan fingerprint density at radius 1 is 0.931 bits per heavy atom. The quantitative estimate of drug-likeness (QED) is 0.262. The predicted octanol–water partition coefficient (Wildman–Crippen LogP) is 0.694. The number of rotatable bonds is 7. The second kappa shape index (κ2) is 11.4. The van der Waals surface area contributed by atoms with Crippen LogP contribution in [-0.2, 0) is 42.9 Å². The lowest BCUT2D eigenvalue weighted by molar-refractivity contribution is -0.237. The average Bonchev–Trinajstić information content (AvgIpc) is 2.57. The summed E-state index contributed by atoms with van der Waals surface area (Å²) in [4.78, 5) is 46.1. The van der Waals surface area contributed by atoms with Crippen LogP contribution in [0.3, 0.4) is 0 Å². The van der Waals surface area contributed by atoms with E-state index in [1.165, 1.54) is 6.92 Å². The minimum Gasteiger partial charge on any atom is -0.463 e. The Morgan fingerprint density at radius 2 is 1.45 bits per heavy atom. The van der Waals surface area contributed by atoms with Crippen molar-refractivity contribution >= 4 is 40.7 Å². The number of carbonyl (C=O) groups excluding carboxylic acids is 4. The third kappa shape index (κ3) is 8.08. The standard InChI is InChI=1S/C17H22N2O9S/c1-8(20)24-7-12-14(25-9(2)21)15(26-10(3)22)16(27-11(4)23)17(28-12)29-13(19)5-6-18/h12,14-17,19H,5,7H2,1-4H3/t12-,14+,15+,16-,17+/m1/s1. The van der Waals surface area contributed by atoms with Crippen LogP contribution in [-0.4, -0.2) is 65.4 Å². The fraction of sp³-hybridized carbons (Fsp3) is 0.647. The van der Waals surface area contributed by atoms with Crippen LogP contribution >= 0.6 is 11.8 Å². The molecule has 0 spiro atoms. The van der Waals surface area contributed by atoms with Gasteiger partial charge in [-0.15, -0.1) is 0 Å². The molecule has 1 fully saturated rings. The number of nitrogens with one attached hydrogen (secondary N) is 1. The highest BCUT2D eigenvalue weighted by atomic mass is 32.2. The van der Waals surface area contributed by atoms with Crippen LogP contribution in [0, 0.1) is 16.7 Å². The van der Waals surface area contributed by atoms with Gasteiger partial charge in [-0.3, -0.25) is 24.6 Å². The molecule has 160 valence electrons. The van der Waals surface area contributed by atoms with Crippen molar-refractivity contribution in [1.82, 2.24) is 0 Å². The van der Waals surface area contributed by atoms with Gasteiger partial charge < -0.3 is 23.7 Å². The van der Waals surface area contributed by atoms with Gasteiger partial charge in [0.1, 0.15) is 18.1 Å². The summed E-state index contributed by atoms with van der Waals surface area (Å²) in [6, 6.07) is 1.81. The summed E-state index contributed by atoms with van der Waals surface area (Å²) in [6.45, 7) is 4.19. The van der Waals surface area contributed by atoms with E-state index in [2.05, 4.69) is 0 Å². The van der Waals surface area contributed by atoms with E-state index in [0.717, 1.165) is 32.5 Å². The third-order valence-corrected chi connectivity index (χ3v) is 4.49. The summed E-state index contributed by atoms with van der Waals surface area (Å²) in [6.07, 6.45) is -5.09. The number of carbonyl (C=O) groups is 4. The van der Waals surface area contributed by atoms with E-state index >= 15 is 0 Å². The Balaban J connectivity index is 3.32. The summed E-state index contributed by atoms with van der Waals surface area (Å²) in [5, 5.41) is 16.5. The highest BCUT2D eigenvalue weighted by Crippen LogP contribution is 2.35. The number of nitriles is 1. The van der Waals surface area contributed by atoms with E-state index in [9.17, 15) is 19.2 Å². The average molecular weight is 430 g/mol. The Bertz CT molecular complexity index is 706. The second-order valence-corrected chi connectivity index (χ2v) is 7.14. The molecule has 1 saturated heterocycles. The molecule has 1 rings (SSSR count). The van der Waals surface area contributed by atoms with Crippen molar-refractivity contribution in [3.8, 4) is 6.07 Å². The largest absolute Gasteiger partial charge is 0.463 e. The molecule has 0 amide bonds. The molecular weight excluding hydrogens is 408 g/mol. The highest BCUT2D eigenvalue weighted by molar-refractivity contribution is 8.14. The van der Waals surface area contributed by atoms with E-state index < -0.39 is 53.7 Å². The molecule has 0 aromatic carbocycles. The molecular formula is C17H22N2O9S. The van der Waals surface area contributed by atoms with Gasteiger partial charge in [-0.2, -0.15) is 5.26 Å². The molecule has 0 saturated carbocycles. The maximum atomic E-state index is 11.7. The van der Waals surface area contributed by atoms with Crippen molar-refractivity contribution in [2.24, 2.45) is 0 Å². The maximum Gasteiger partial charge on any atom is 0.303 e. The summed E-state index contributed by atoms with van der Waals surface area (Å²) in [5.41, 5.74) is -1.09. The molecule has 11 nitrogen and oxygen atoms in total. The van der Waals surface area contributed by atoms with Crippen molar-refractivity contribution in [3.05, 3.63) is 0 Å². The van der Waals surface area contributed by atoms with Gasteiger partial charge in [0.15, 0.2) is 18.3 Å². The van der Waals surface area contributed by atoms with Crippen LogP contribution in [0.2, 0.25) is 0 Å². The number of hydrogen-bond donors (Lipinski definition) is 1. The first-order valence-electron chi connectivity index (χ1n) is 8.46. The summed E-state index contributed by atoms with van der Waals surface area (Å²) in [5.74, 6) is -2.82. The summed E-state index contributed by atoms with van der Waals surface area (Å²) < 4.78 is 26.5. The summed E-state index contributed by atoms with van der Waals surface area (Å²) in [7, 11) is 0. The monoisotopic (exact) mass is 430 g/mol. The molecule has 1 aliphatic rings. The van der Waals surface area contributed by atoms with Crippen molar-refractivity contribution < 1.29 is 42.9 Å². The van der Waals surface area contributed by atoms with E-state index in [0.29, 0.717) is 0 Å². The van der Waals surface area contributed by atoms with Crippen LogP contribution in [0.1, 0.15) is 34.1 Å². The van der Waals surface area contributed by atoms with Gasteiger partial charge in [0.25, 0.3) is 0 Å². The van der Waals surface area contributed by atoms with Crippen molar-refractivity contribution in [2.75, 3.05) is 6.61 Å². The zero-order valence-electron chi connectivity index (χ0n) is 16.3. The van der Waals surface area contributed by atoms with Gasteiger partial charge in [-0.1, -0.05) is 11.8 Å². The minimum atomic E-state index is -1.29. The topological polar surface area (TPSA) is 162 Å². The Kier molecular flexibility index (Phi) is 9.57. The van der Waals surface area contributed by atoms with Crippen LogP contribution in [0.25, 0.3) is 0 Å². The third-order valence-electron chi connectivity index (χ3n) is 3.45. The fourth-order valence-corrected chi connectivity index (χ4v) is 3.51. The molecule has 1 aliphatic heterocycles. The van der Waals surface area contributed by atoms with Gasteiger partial charge in [0, 0.05) is 27.7 Å². The normalized spacial score (nSPS) is 25.8. The SMILES string of the molecule is CC(=O)OC[C@H]1O[C@@H](SC(=N)CC#N)[C@H](OC(C)=O)[C@@H](OC(C)=O)[C@H]1OC(C)=O. The zero-order valence-corrected chi connectivity index (χ0v) is 17.1. The molecule has 0 aromatic rings. The van der Waals surface area contributed by atoms with Gasteiger partial charge in [0.2, 0.25) is 0 Å². The Hall–Kier alpha value is -2.65. The smallest absolute Gasteiger partial charge is 0.303 e. The zero-order chi connectivity index (χ0) is 22.1. The maximum absolute atomic E-state index is 11.7. The van der Waals surface area contributed by atoms with Crippen molar-refractivity contribution in [2.45, 2.75) is 64.0 Å². The van der Waals surface area contributed by atoms with Crippen LogP contribution in [0.4, 0.5) is 0 Å². The first-order chi connectivity index (χ1) is 13.5. The van der Waals surface area contributed by atoms with Gasteiger partial charge >= 0.3 is 23.9 Å². The lowest BCUT2D eigenvalue weighted by atomic mass is 9.99. The predicted molar refractivity (Wildman–Crippen MR) is 97.5 cm³/mol. The molecule has 0 bridgehead atoms. The first-order valence-corrected chi connectivity index (χ1v) is 9.34. The fourth-order valence-electron chi connectivity index (χ4n) is 2.54. The molecule has 1 N–H and O–H groups in total. The molecule has 0 aliphatic carbocycles. The molecule has 29 heavy (non-hydrogen) atoms. The van der Waals surface area contributed by atoms with Gasteiger partial charge in [-0.05, 0) is 0 Å². The minimum absolute atomic E-state index is 0.0894. The van der Waals surface area contributed by atoms with E-state index in [-0.39, 0.29) is 18.1 Å². The van der Waals surface area contributed by atoms with Crippen LogP contribution in [0.15, 0.2) is 0 Å². The highest BCUT2D eigenvalue weighted by Gasteiger charge is 2.52. The van der Waals surface area contributed by atoms with E-state index in [4.69, 9.17) is 34.4 Å². The van der Waals surface area contributed by atoms with Gasteiger partial charge in [0.05, 0.1) is 17.5 Å². The number of hydrogen-bond acceptors (Lipinski definition) is 12. The lowest BCUT2D eigenvalue weighted by Gasteiger charge is -2.44. The molecule has 1 heterocycles. The Labute approximate surface area is 171 Å². The molecule has 0 unspecified atom stereocenters.